The van der Waals surface area contributed by atoms with Crippen LogP contribution in [0.5, 0.6) is 11.5 Å². The molecule has 1 heterocycles. The summed E-state index contributed by atoms with van der Waals surface area (Å²) in [7, 11) is 1.81. The second-order valence-corrected chi connectivity index (χ2v) is 7.88. The summed E-state index contributed by atoms with van der Waals surface area (Å²) in [4.78, 5) is 4.40. The number of nitrogens with zero attached hydrogens (tertiary/aromatic N) is 1. The molecule has 0 radical (unpaired) electrons. The molecule has 2 aromatic rings. The van der Waals surface area contributed by atoms with Crippen molar-refractivity contribution in [2.75, 3.05) is 40.0 Å². The zero-order valence-electron chi connectivity index (χ0n) is 19.6. The van der Waals surface area contributed by atoms with Crippen LogP contribution in [-0.4, -0.2) is 45.9 Å². The predicted octanol–water partition coefficient (Wildman–Crippen LogP) is 4.36. The Labute approximate surface area is 192 Å². The molecule has 2 unspecified atom stereocenters. The lowest BCUT2D eigenvalue weighted by Gasteiger charge is -2.32. The second kappa shape index (κ2) is 13.0. The van der Waals surface area contributed by atoms with Crippen molar-refractivity contribution >= 4 is 5.96 Å². The zero-order valence-corrected chi connectivity index (χ0v) is 19.6. The van der Waals surface area contributed by atoms with Gasteiger partial charge in [0.1, 0.15) is 0 Å². The molecular weight excluding hydrogens is 402 g/mol. The maximum Gasteiger partial charge on any atom is 0.190 e. The molecule has 0 saturated carbocycles. The Hall–Kier alpha value is -2.73. The normalized spacial score (nSPS) is 18.8. The molecule has 6 nitrogen and oxygen atoms in total. The van der Waals surface area contributed by atoms with Gasteiger partial charge >= 0.3 is 0 Å². The third-order valence-electron chi connectivity index (χ3n) is 5.64. The van der Waals surface area contributed by atoms with Gasteiger partial charge in [0.2, 0.25) is 0 Å². The number of ether oxygens (including phenoxy) is 3. The summed E-state index contributed by atoms with van der Waals surface area (Å²) in [5.41, 5.74) is 2.45. The molecule has 32 heavy (non-hydrogen) atoms. The van der Waals surface area contributed by atoms with Crippen LogP contribution >= 0.6 is 0 Å². The molecule has 0 aliphatic carbocycles. The molecule has 1 saturated heterocycles. The van der Waals surface area contributed by atoms with Crippen LogP contribution < -0.4 is 20.1 Å². The molecule has 0 bridgehead atoms. The van der Waals surface area contributed by atoms with Crippen molar-refractivity contribution in [3.63, 3.8) is 0 Å². The van der Waals surface area contributed by atoms with Crippen LogP contribution in [-0.2, 0) is 11.2 Å². The van der Waals surface area contributed by atoms with E-state index in [2.05, 4.69) is 52.0 Å². The summed E-state index contributed by atoms with van der Waals surface area (Å²) in [6.45, 7) is 7.65. The van der Waals surface area contributed by atoms with Crippen LogP contribution in [0.25, 0.3) is 0 Å². The van der Waals surface area contributed by atoms with Crippen LogP contribution in [0.3, 0.4) is 0 Å². The number of aliphatic imine (C=N–C) groups is 1. The Bertz CT molecular complexity index is 841. The van der Waals surface area contributed by atoms with Gasteiger partial charge in [-0.05, 0) is 56.4 Å². The number of guanidine groups is 1. The zero-order chi connectivity index (χ0) is 22.6. The number of nitrogens with one attached hydrogen (secondary N) is 2. The first-order valence-corrected chi connectivity index (χ1v) is 11.7. The highest BCUT2D eigenvalue weighted by Crippen LogP contribution is 2.33. The number of benzene rings is 2. The van der Waals surface area contributed by atoms with Crippen molar-refractivity contribution in [2.45, 2.75) is 39.2 Å². The molecule has 2 N–H and O–H groups in total. The fraction of sp³-hybridized carbons (Fsp3) is 0.500. The van der Waals surface area contributed by atoms with Crippen molar-refractivity contribution in [2.24, 2.45) is 10.9 Å². The minimum Gasteiger partial charge on any atom is -0.490 e. The van der Waals surface area contributed by atoms with Gasteiger partial charge in [-0.15, -0.1) is 0 Å². The lowest BCUT2D eigenvalue weighted by Crippen LogP contribution is -2.42. The molecule has 174 valence electrons. The van der Waals surface area contributed by atoms with Crippen LogP contribution in [0.1, 0.15) is 43.9 Å². The van der Waals surface area contributed by atoms with E-state index in [0.29, 0.717) is 19.1 Å². The molecule has 1 aliphatic heterocycles. The Morgan fingerprint density at radius 2 is 1.81 bits per heavy atom. The molecule has 0 aromatic heterocycles. The lowest BCUT2D eigenvalue weighted by molar-refractivity contribution is -0.0265. The highest BCUT2D eigenvalue weighted by atomic mass is 16.5. The van der Waals surface area contributed by atoms with Crippen molar-refractivity contribution in [3.05, 3.63) is 59.7 Å². The molecule has 1 aliphatic rings. The van der Waals surface area contributed by atoms with E-state index in [1.165, 1.54) is 11.1 Å². The van der Waals surface area contributed by atoms with E-state index in [0.717, 1.165) is 56.4 Å². The van der Waals surface area contributed by atoms with E-state index in [-0.39, 0.29) is 6.10 Å². The SMILES string of the molecule is CCOc1ccc(CCNC(=NC)NCC2CCCOC2c2ccccc2)cc1OCC. The van der Waals surface area contributed by atoms with Gasteiger partial charge in [-0.25, -0.2) is 0 Å². The average molecular weight is 440 g/mol. The second-order valence-electron chi connectivity index (χ2n) is 7.88. The van der Waals surface area contributed by atoms with Gasteiger partial charge in [0.25, 0.3) is 0 Å². The van der Waals surface area contributed by atoms with Gasteiger partial charge < -0.3 is 24.8 Å². The first-order valence-electron chi connectivity index (χ1n) is 11.7. The summed E-state index contributed by atoms with van der Waals surface area (Å²) in [5, 5.41) is 6.93. The topological polar surface area (TPSA) is 64.1 Å². The van der Waals surface area contributed by atoms with Crippen LogP contribution in [0, 0.1) is 5.92 Å². The smallest absolute Gasteiger partial charge is 0.190 e. The minimum atomic E-state index is 0.136. The van der Waals surface area contributed by atoms with E-state index < -0.39 is 0 Å². The van der Waals surface area contributed by atoms with Gasteiger partial charge in [-0.1, -0.05) is 36.4 Å². The standard InChI is InChI=1S/C26H37N3O3/c1-4-30-23-14-13-20(18-24(23)31-5-2)15-16-28-26(27-3)29-19-22-12-9-17-32-25(22)21-10-7-6-8-11-21/h6-8,10-11,13-14,18,22,25H,4-5,9,12,15-17,19H2,1-3H3,(H2,27,28,29). The van der Waals surface area contributed by atoms with Crippen LogP contribution in [0.4, 0.5) is 0 Å². The number of hydrogen-bond acceptors (Lipinski definition) is 4. The van der Waals surface area contributed by atoms with Crippen molar-refractivity contribution in [1.82, 2.24) is 10.6 Å². The Kier molecular flexibility index (Phi) is 9.69. The number of hydrogen-bond donors (Lipinski definition) is 2. The predicted molar refractivity (Wildman–Crippen MR) is 130 cm³/mol. The quantitative estimate of drug-likeness (QED) is 0.425. The van der Waals surface area contributed by atoms with Crippen LogP contribution in [0.15, 0.2) is 53.5 Å². The molecule has 2 aromatic carbocycles. The number of rotatable bonds is 10. The molecule has 3 rings (SSSR count). The highest BCUT2D eigenvalue weighted by Gasteiger charge is 2.27. The van der Waals surface area contributed by atoms with Crippen molar-refractivity contribution in [1.29, 1.82) is 0 Å². The van der Waals surface area contributed by atoms with E-state index in [1.807, 2.05) is 33.0 Å². The molecule has 2 atom stereocenters. The van der Waals surface area contributed by atoms with Crippen molar-refractivity contribution < 1.29 is 14.2 Å². The van der Waals surface area contributed by atoms with E-state index in [1.54, 1.807) is 0 Å². The van der Waals surface area contributed by atoms with E-state index in [9.17, 15) is 0 Å². The molecule has 1 fully saturated rings. The van der Waals surface area contributed by atoms with Gasteiger partial charge in [0, 0.05) is 32.7 Å². The first-order chi connectivity index (χ1) is 15.7. The fourth-order valence-electron chi connectivity index (χ4n) is 4.09. The monoisotopic (exact) mass is 439 g/mol. The van der Waals surface area contributed by atoms with E-state index >= 15 is 0 Å². The lowest BCUT2D eigenvalue weighted by atomic mass is 9.89. The van der Waals surface area contributed by atoms with Crippen LogP contribution in [0.2, 0.25) is 0 Å². The third kappa shape index (κ3) is 6.89. The minimum absolute atomic E-state index is 0.136. The maximum atomic E-state index is 6.12. The Morgan fingerprint density at radius 3 is 2.56 bits per heavy atom. The average Bonchev–Trinajstić information content (AvgIpc) is 2.84. The Morgan fingerprint density at radius 1 is 1.03 bits per heavy atom. The third-order valence-corrected chi connectivity index (χ3v) is 5.64. The van der Waals surface area contributed by atoms with Gasteiger partial charge in [0.15, 0.2) is 17.5 Å². The van der Waals surface area contributed by atoms with Gasteiger partial charge in [0.05, 0.1) is 19.3 Å². The summed E-state index contributed by atoms with van der Waals surface area (Å²) in [6.07, 6.45) is 3.25. The van der Waals surface area contributed by atoms with Gasteiger partial charge in [-0.2, -0.15) is 0 Å². The molecule has 0 amide bonds. The summed E-state index contributed by atoms with van der Waals surface area (Å²) < 4.78 is 17.5. The maximum absolute atomic E-state index is 6.12. The van der Waals surface area contributed by atoms with Crippen molar-refractivity contribution in [3.8, 4) is 11.5 Å². The molecular formula is C26H37N3O3. The highest BCUT2D eigenvalue weighted by molar-refractivity contribution is 5.79. The summed E-state index contributed by atoms with van der Waals surface area (Å²) in [6, 6.07) is 16.7. The molecule has 6 heteroatoms. The summed E-state index contributed by atoms with van der Waals surface area (Å²) >= 11 is 0. The fourth-order valence-corrected chi connectivity index (χ4v) is 4.09. The molecule has 0 spiro atoms. The van der Waals surface area contributed by atoms with E-state index in [4.69, 9.17) is 14.2 Å². The Balaban J connectivity index is 1.50. The van der Waals surface area contributed by atoms with Gasteiger partial charge in [-0.3, -0.25) is 4.99 Å². The summed E-state index contributed by atoms with van der Waals surface area (Å²) in [5.74, 6) is 2.84. The first kappa shape index (κ1) is 23.9. The largest absolute Gasteiger partial charge is 0.490 e.